The Bertz CT molecular complexity index is 570. The highest BCUT2D eigenvalue weighted by Gasteiger charge is 2.43. The summed E-state index contributed by atoms with van der Waals surface area (Å²) in [4.78, 5) is 11.2. The van der Waals surface area contributed by atoms with Crippen molar-refractivity contribution in [2.75, 3.05) is 7.05 Å². The van der Waals surface area contributed by atoms with E-state index in [1.807, 2.05) is 30.3 Å². The molecule has 110 valence electrons. The zero-order valence-corrected chi connectivity index (χ0v) is 12.2. The fraction of sp³-hybridized carbons (Fsp3) is 0.500. The van der Waals surface area contributed by atoms with Crippen molar-refractivity contribution < 1.29 is 18.3 Å². The van der Waals surface area contributed by atoms with Crippen LogP contribution in [0.3, 0.4) is 0 Å². The first-order valence-corrected chi connectivity index (χ1v) is 8.15. The Kier molecular flexibility index (Phi) is 4.45. The molecule has 1 aromatic rings. The highest BCUT2D eigenvalue weighted by molar-refractivity contribution is 7.89. The van der Waals surface area contributed by atoms with Crippen molar-refractivity contribution in [3.05, 3.63) is 35.9 Å². The van der Waals surface area contributed by atoms with E-state index in [0.29, 0.717) is 19.3 Å². The molecule has 0 aliphatic heterocycles. The number of carbonyl (C=O) groups is 1. The van der Waals surface area contributed by atoms with Crippen LogP contribution in [0.1, 0.15) is 24.8 Å². The molecule has 0 amide bonds. The molecule has 1 aromatic carbocycles. The number of hydrogen-bond acceptors (Lipinski definition) is 3. The van der Waals surface area contributed by atoms with Crippen molar-refractivity contribution in [3.8, 4) is 0 Å². The van der Waals surface area contributed by atoms with E-state index < -0.39 is 27.2 Å². The molecule has 0 spiro atoms. The summed E-state index contributed by atoms with van der Waals surface area (Å²) in [5.74, 6) is -1.79. The molecule has 1 aliphatic carbocycles. The van der Waals surface area contributed by atoms with Gasteiger partial charge in [0.05, 0.1) is 11.2 Å². The number of sulfonamides is 1. The van der Waals surface area contributed by atoms with Gasteiger partial charge in [-0.15, -0.1) is 0 Å². The molecule has 1 aliphatic rings. The third-order valence-electron chi connectivity index (χ3n) is 3.83. The van der Waals surface area contributed by atoms with Crippen LogP contribution in [0.15, 0.2) is 30.3 Å². The summed E-state index contributed by atoms with van der Waals surface area (Å²) in [6.07, 6.45) is 1.52. The lowest BCUT2D eigenvalue weighted by Crippen LogP contribution is -2.39. The summed E-state index contributed by atoms with van der Waals surface area (Å²) in [5, 5.41) is 8.34. The number of carboxylic acid groups (broad SMARTS) is 1. The van der Waals surface area contributed by atoms with Gasteiger partial charge in [0, 0.05) is 13.6 Å². The van der Waals surface area contributed by atoms with Crippen LogP contribution < -0.4 is 0 Å². The standard InChI is InChI=1S/C14H19NO4S/c1-15(10-11-6-3-2-4-7-11)20(18,19)13-9-5-8-12(13)14(16)17/h2-4,6-7,12-13H,5,8-10H2,1H3,(H,16,17). The molecule has 2 unspecified atom stereocenters. The summed E-state index contributed by atoms with van der Waals surface area (Å²) in [6, 6.07) is 9.29. The Morgan fingerprint density at radius 1 is 1.30 bits per heavy atom. The molecule has 1 N–H and O–H groups in total. The van der Waals surface area contributed by atoms with E-state index in [9.17, 15) is 13.2 Å². The Morgan fingerprint density at radius 2 is 1.95 bits per heavy atom. The van der Waals surface area contributed by atoms with Crippen LogP contribution in [0.2, 0.25) is 0 Å². The van der Waals surface area contributed by atoms with Gasteiger partial charge in [0.1, 0.15) is 0 Å². The maximum Gasteiger partial charge on any atom is 0.307 e. The zero-order chi connectivity index (χ0) is 14.8. The Balaban J connectivity index is 2.15. The van der Waals surface area contributed by atoms with Crippen LogP contribution in [-0.4, -0.2) is 36.1 Å². The van der Waals surface area contributed by atoms with E-state index in [-0.39, 0.29) is 6.54 Å². The Labute approximate surface area is 119 Å². The van der Waals surface area contributed by atoms with E-state index in [0.717, 1.165) is 5.56 Å². The third kappa shape index (κ3) is 3.02. The van der Waals surface area contributed by atoms with Gasteiger partial charge in [-0.25, -0.2) is 12.7 Å². The van der Waals surface area contributed by atoms with Gasteiger partial charge in [0.2, 0.25) is 10.0 Å². The molecule has 5 nitrogen and oxygen atoms in total. The molecule has 2 rings (SSSR count). The Morgan fingerprint density at radius 3 is 2.55 bits per heavy atom. The van der Waals surface area contributed by atoms with Gasteiger partial charge < -0.3 is 5.11 Å². The molecule has 6 heteroatoms. The lowest BCUT2D eigenvalue weighted by atomic mass is 10.1. The van der Waals surface area contributed by atoms with Gasteiger partial charge in [-0.2, -0.15) is 0 Å². The highest BCUT2D eigenvalue weighted by atomic mass is 32.2. The predicted octanol–water partition coefficient (Wildman–Crippen LogP) is 1.70. The van der Waals surface area contributed by atoms with Crippen molar-refractivity contribution in [2.24, 2.45) is 5.92 Å². The zero-order valence-electron chi connectivity index (χ0n) is 11.4. The largest absolute Gasteiger partial charge is 0.481 e. The number of nitrogens with zero attached hydrogens (tertiary/aromatic N) is 1. The average molecular weight is 297 g/mol. The lowest BCUT2D eigenvalue weighted by Gasteiger charge is -2.24. The normalized spacial score (nSPS) is 23.1. The van der Waals surface area contributed by atoms with Crippen molar-refractivity contribution in [1.82, 2.24) is 4.31 Å². The number of hydrogen-bond donors (Lipinski definition) is 1. The fourth-order valence-electron chi connectivity index (χ4n) is 2.73. The minimum Gasteiger partial charge on any atom is -0.481 e. The molecule has 0 saturated heterocycles. The van der Waals surface area contributed by atoms with Gasteiger partial charge in [-0.1, -0.05) is 36.8 Å². The van der Waals surface area contributed by atoms with Crippen molar-refractivity contribution in [1.29, 1.82) is 0 Å². The molecule has 2 atom stereocenters. The van der Waals surface area contributed by atoms with Crippen LogP contribution in [0.25, 0.3) is 0 Å². The predicted molar refractivity (Wildman–Crippen MR) is 75.6 cm³/mol. The second-order valence-corrected chi connectivity index (χ2v) is 7.46. The molecule has 1 saturated carbocycles. The van der Waals surface area contributed by atoms with Crippen molar-refractivity contribution in [2.45, 2.75) is 31.1 Å². The molecule has 0 bridgehead atoms. The first-order chi connectivity index (χ1) is 9.43. The van der Waals surface area contributed by atoms with Crippen molar-refractivity contribution in [3.63, 3.8) is 0 Å². The summed E-state index contributed by atoms with van der Waals surface area (Å²) in [6.45, 7) is 0.270. The number of benzene rings is 1. The number of rotatable bonds is 5. The summed E-state index contributed by atoms with van der Waals surface area (Å²) >= 11 is 0. The summed E-state index contributed by atoms with van der Waals surface area (Å²) in [7, 11) is -2.07. The van der Waals surface area contributed by atoms with E-state index in [2.05, 4.69) is 0 Å². The van der Waals surface area contributed by atoms with Gasteiger partial charge in [0.25, 0.3) is 0 Å². The number of aliphatic carboxylic acids is 1. The third-order valence-corrected chi connectivity index (χ3v) is 6.16. The summed E-state index contributed by atoms with van der Waals surface area (Å²) < 4.78 is 26.3. The monoisotopic (exact) mass is 297 g/mol. The summed E-state index contributed by atoms with van der Waals surface area (Å²) in [5.41, 5.74) is 0.892. The second-order valence-electron chi connectivity index (χ2n) is 5.20. The van der Waals surface area contributed by atoms with E-state index in [4.69, 9.17) is 5.11 Å². The second kappa shape index (κ2) is 5.93. The first-order valence-electron chi connectivity index (χ1n) is 6.65. The van der Waals surface area contributed by atoms with Crippen LogP contribution in [0.5, 0.6) is 0 Å². The van der Waals surface area contributed by atoms with Gasteiger partial charge in [-0.3, -0.25) is 4.79 Å². The molecule has 0 heterocycles. The van der Waals surface area contributed by atoms with Gasteiger partial charge in [0.15, 0.2) is 0 Å². The van der Waals surface area contributed by atoms with E-state index >= 15 is 0 Å². The quantitative estimate of drug-likeness (QED) is 0.897. The molecule has 20 heavy (non-hydrogen) atoms. The van der Waals surface area contributed by atoms with E-state index in [1.165, 1.54) is 11.4 Å². The molecular weight excluding hydrogens is 278 g/mol. The molecular formula is C14H19NO4S. The van der Waals surface area contributed by atoms with Crippen LogP contribution in [0.4, 0.5) is 0 Å². The SMILES string of the molecule is CN(Cc1ccccc1)S(=O)(=O)C1CCCC1C(=O)O. The fourth-order valence-corrected chi connectivity index (χ4v) is 4.65. The van der Waals surface area contributed by atoms with Crippen LogP contribution in [0, 0.1) is 5.92 Å². The average Bonchev–Trinajstić information content (AvgIpc) is 2.89. The van der Waals surface area contributed by atoms with Crippen LogP contribution >= 0.6 is 0 Å². The molecule has 1 fully saturated rings. The maximum atomic E-state index is 12.5. The first kappa shape index (κ1) is 15.0. The smallest absolute Gasteiger partial charge is 0.307 e. The van der Waals surface area contributed by atoms with Crippen molar-refractivity contribution >= 4 is 16.0 Å². The topological polar surface area (TPSA) is 74.7 Å². The molecule has 0 radical (unpaired) electrons. The van der Waals surface area contributed by atoms with Crippen LogP contribution in [-0.2, 0) is 21.4 Å². The number of carboxylic acids is 1. The van der Waals surface area contributed by atoms with E-state index in [1.54, 1.807) is 0 Å². The molecule has 0 aromatic heterocycles. The highest BCUT2D eigenvalue weighted by Crippen LogP contribution is 2.33. The van der Waals surface area contributed by atoms with Gasteiger partial charge >= 0.3 is 5.97 Å². The van der Waals surface area contributed by atoms with Gasteiger partial charge in [-0.05, 0) is 18.4 Å². The maximum absolute atomic E-state index is 12.5. The Hall–Kier alpha value is -1.40. The minimum atomic E-state index is -3.58. The lowest BCUT2D eigenvalue weighted by molar-refractivity contribution is -0.141. The minimum absolute atomic E-state index is 0.270.